The standard InChI is InChI=1S/C13H19NO5S/c1-4-12(13(15)16)14(3)20(17,18)11-8-6-10(7-9-11)19-5-2/h6-9,12H,4-5H2,1-3H3,(H,15,16). The highest BCUT2D eigenvalue weighted by molar-refractivity contribution is 7.89. The number of carboxylic acid groups (broad SMARTS) is 1. The summed E-state index contributed by atoms with van der Waals surface area (Å²) < 4.78 is 30.8. The molecule has 1 aromatic carbocycles. The monoisotopic (exact) mass is 301 g/mol. The lowest BCUT2D eigenvalue weighted by Gasteiger charge is -2.23. The lowest BCUT2D eigenvalue weighted by Crippen LogP contribution is -2.41. The van der Waals surface area contributed by atoms with Gasteiger partial charge < -0.3 is 9.84 Å². The van der Waals surface area contributed by atoms with Gasteiger partial charge in [-0.3, -0.25) is 4.79 Å². The molecule has 0 spiro atoms. The molecule has 0 bridgehead atoms. The molecular formula is C13H19NO5S. The maximum atomic E-state index is 12.3. The van der Waals surface area contributed by atoms with Gasteiger partial charge >= 0.3 is 5.97 Å². The molecule has 0 saturated heterocycles. The van der Waals surface area contributed by atoms with Gasteiger partial charge in [0.25, 0.3) is 0 Å². The largest absolute Gasteiger partial charge is 0.494 e. The Labute approximate surface area is 119 Å². The molecule has 0 amide bonds. The van der Waals surface area contributed by atoms with E-state index >= 15 is 0 Å². The molecule has 0 heterocycles. The molecule has 1 rings (SSSR count). The fourth-order valence-electron chi connectivity index (χ4n) is 1.80. The second-order valence-electron chi connectivity index (χ2n) is 4.19. The van der Waals surface area contributed by atoms with Crippen LogP contribution in [0.3, 0.4) is 0 Å². The molecule has 20 heavy (non-hydrogen) atoms. The maximum Gasteiger partial charge on any atom is 0.321 e. The van der Waals surface area contributed by atoms with E-state index in [0.717, 1.165) is 4.31 Å². The predicted octanol–water partition coefficient (Wildman–Crippen LogP) is 1.57. The van der Waals surface area contributed by atoms with Crippen LogP contribution in [0.25, 0.3) is 0 Å². The number of sulfonamides is 1. The normalized spacial score (nSPS) is 13.2. The third kappa shape index (κ3) is 3.49. The first-order chi connectivity index (χ1) is 9.34. The van der Waals surface area contributed by atoms with Gasteiger partial charge in [-0.05, 0) is 37.6 Å². The van der Waals surface area contributed by atoms with Crippen molar-refractivity contribution in [2.45, 2.75) is 31.2 Å². The maximum absolute atomic E-state index is 12.3. The quantitative estimate of drug-likeness (QED) is 0.826. The summed E-state index contributed by atoms with van der Waals surface area (Å²) in [4.78, 5) is 11.1. The minimum Gasteiger partial charge on any atom is -0.494 e. The molecule has 1 N–H and O–H groups in total. The van der Waals surface area contributed by atoms with Crippen LogP contribution in [0.4, 0.5) is 0 Å². The zero-order valence-electron chi connectivity index (χ0n) is 11.7. The van der Waals surface area contributed by atoms with Crippen LogP contribution >= 0.6 is 0 Å². The zero-order valence-corrected chi connectivity index (χ0v) is 12.6. The van der Waals surface area contributed by atoms with Crippen LogP contribution in [0.15, 0.2) is 29.2 Å². The van der Waals surface area contributed by atoms with E-state index in [0.29, 0.717) is 12.4 Å². The highest BCUT2D eigenvalue weighted by Gasteiger charge is 2.31. The molecule has 0 radical (unpaired) electrons. The summed E-state index contributed by atoms with van der Waals surface area (Å²) in [6.07, 6.45) is 0.197. The molecule has 1 aromatic rings. The fraction of sp³-hybridized carbons (Fsp3) is 0.462. The number of carbonyl (C=O) groups is 1. The smallest absolute Gasteiger partial charge is 0.321 e. The van der Waals surface area contributed by atoms with E-state index < -0.39 is 22.0 Å². The van der Waals surface area contributed by atoms with Crippen molar-refractivity contribution in [3.05, 3.63) is 24.3 Å². The molecular weight excluding hydrogens is 282 g/mol. The van der Waals surface area contributed by atoms with Gasteiger partial charge in [-0.2, -0.15) is 4.31 Å². The molecule has 7 heteroatoms. The van der Waals surface area contributed by atoms with Crippen LogP contribution in [0, 0.1) is 0 Å². The van der Waals surface area contributed by atoms with Gasteiger partial charge in [0.05, 0.1) is 11.5 Å². The number of likely N-dealkylation sites (N-methyl/N-ethyl adjacent to an activating group) is 1. The van der Waals surface area contributed by atoms with Gasteiger partial charge in [-0.1, -0.05) is 6.92 Å². The molecule has 6 nitrogen and oxygen atoms in total. The SMILES string of the molecule is CCOc1ccc(S(=O)(=O)N(C)C(CC)C(=O)O)cc1. The lowest BCUT2D eigenvalue weighted by atomic mass is 10.2. The fourth-order valence-corrected chi connectivity index (χ4v) is 3.18. The van der Waals surface area contributed by atoms with Gasteiger partial charge in [-0.15, -0.1) is 0 Å². The first-order valence-electron chi connectivity index (χ1n) is 6.28. The van der Waals surface area contributed by atoms with Crippen molar-refractivity contribution < 1.29 is 23.1 Å². The van der Waals surface area contributed by atoms with E-state index in [9.17, 15) is 13.2 Å². The van der Waals surface area contributed by atoms with Crippen molar-refractivity contribution in [2.75, 3.05) is 13.7 Å². The van der Waals surface area contributed by atoms with Gasteiger partial charge in [0.15, 0.2) is 0 Å². The van der Waals surface area contributed by atoms with Crippen molar-refractivity contribution >= 4 is 16.0 Å². The van der Waals surface area contributed by atoms with Crippen LogP contribution in [0.2, 0.25) is 0 Å². The summed E-state index contributed by atoms with van der Waals surface area (Å²) in [7, 11) is -2.56. The number of nitrogens with zero attached hydrogens (tertiary/aromatic N) is 1. The summed E-state index contributed by atoms with van der Waals surface area (Å²) in [5, 5.41) is 9.04. The Morgan fingerprint density at radius 2 is 1.85 bits per heavy atom. The van der Waals surface area contributed by atoms with Crippen molar-refractivity contribution in [1.29, 1.82) is 0 Å². The number of ether oxygens (including phenoxy) is 1. The number of hydrogen-bond donors (Lipinski definition) is 1. The molecule has 1 unspecified atom stereocenters. The summed E-state index contributed by atoms with van der Waals surface area (Å²) in [6.45, 7) is 3.95. The highest BCUT2D eigenvalue weighted by atomic mass is 32.2. The zero-order chi connectivity index (χ0) is 15.3. The minimum atomic E-state index is -3.83. The Morgan fingerprint density at radius 1 is 1.30 bits per heavy atom. The topological polar surface area (TPSA) is 83.9 Å². The summed E-state index contributed by atoms with van der Waals surface area (Å²) in [6, 6.07) is 4.83. The van der Waals surface area contributed by atoms with E-state index in [4.69, 9.17) is 9.84 Å². The minimum absolute atomic E-state index is 0.0446. The molecule has 0 fully saturated rings. The number of benzene rings is 1. The average Bonchev–Trinajstić information content (AvgIpc) is 2.40. The number of rotatable bonds is 7. The van der Waals surface area contributed by atoms with E-state index in [1.165, 1.54) is 19.2 Å². The van der Waals surface area contributed by atoms with Crippen molar-refractivity contribution in [1.82, 2.24) is 4.31 Å². The van der Waals surface area contributed by atoms with Gasteiger partial charge in [0.2, 0.25) is 10.0 Å². The van der Waals surface area contributed by atoms with E-state index in [2.05, 4.69) is 0 Å². The van der Waals surface area contributed by atoms with Gasteiger partial charge in [0, 0.05) is 7.05 Å². The molecule has 0 aliphatic heterocycles. The Morgan fingerprint density at radius 3 is 2.25 bits per heavy atom. The third-order valence-corrected chi connectivity index (χ3v) is 4.80. The number of aliphatic carboxylic acids is 1. The van der Waals surface area contributed by atoms with Gasteiger partial charge in [-0.25, -0.2) is 8.42 Å². The van der Waals surface area contributed by atoms with Crippen molar-refractivity contribution in [2.24, 2.45) is 0 Å². The third-order valence-electron chi connectivity index (χ3n) is 2.92. The molecule has 0 aromatic heterocycles. The molecule has 0 saturated carbocycles. The van der Waals surface area contributed by atoms with Crippen LogP contribution in [-0.4, -0.2) is 43.5 Å². The van der Waals surface area contributed by atoms with Crippen molar-refractivity contribution in [3.8, 4) is 5.75 Å². The number of hydrogen-bond acceptors (Lipinski definition) is 4. The molecule has 1 atom stereocenters. The first kappa shape index (κ1) is 16.5. The Bertz CT molecular complexity index is 553. The number of carboxylic acids is 1. The van der Waals surface area contributed by atoms with Crippen LogP contribution in [0.1, 0.15) is 20.3 Å². The van der Waals surface area contributed by atoms with E-state index in [-0.39, 0.29) is 11.3 Å². The Kier molecular flexibility index (Phi) is 5.52. The highest BCUT2D eigenvalue weighted by Crippen LogP contribution is 2.21. The average molecular weight is 301 g/mol. The Hall–Kier alpha value is -1.60. The van der Waals surface area contributed by atoms with Gasteiger partial charge in [0.1, 0.15) is 11.8 Å². The summed E-state index contributed by atoms with van der Waals surface area (Å²) in [5.41, 5.74) is 0. The van der Waals surface area contributed by atoms with Crippen LogP contribution in [-0.2, 0) is 14.8 Å². The molecule has 112 valence electrons. The second kappa shape index (κ2) is 6.71. The first-order valence-corrected chi connectivity index (χ1v) is 7.72. The van der Waals surface area contributed by atoms with Crippen LogP contribution < -0.4 is 4.74 Å². The second-order valence-corrected chi connectivity index (χ2v) is 6.19. The van der Waals surface area contributed by atoms with Crippen LogP contribution in [0.5, 0.6) is 5.75 Å². The Balaban J connectivity index is 3.06. The van der Waals surface area contributed by atoms with Crippen molar-refractivity contribution in [3.63, 3.8) is 0 Å². The molecule has 0 aliphatic carbocycles. The van der Waals surface area contributed by atoms with E-state index in [1.807, 2.05) is 6.92 Å². The van der Waals surface area contributed by atoms with E-state index in [1.54, 1.807) is 19.1 Å². The summed E-state index contributed by atoms with van der Waals surface area (Å²) in [5.74, 6) is -0.594. The summed E-state index contributed by atoms with van der Waals surface area (Å²) >= 11 is 0. The predicted molar refractivity (Wildman–Crippen MR) is 74.3 cm³/mol. The molecule has 0 aliphatic rings. The lowest BCUT2D eigenvalue weighted by molar-refractivity contribution is -0.141.